The van der Waals surface area contributed by atoms with E-state index in [1.165, 1.54) is 10.5 Å². The fourth-order valence-corrected chi connectivity index (χ4v) is 5.71. The highest BCUT2D eigenvalue weighted by Gasteiger charge is 2.51. The van der Waals surface area contributed by atoms with Crippen LogP contribution in [0.5, 0.6) is 0 Å². The standard InChI is InChI=1S/C23H31N3O6/c27-21(24-31)19-18(8-12-26(23(29)30)20(19)17-9-13-32-14-17)22(28)25-10-6-16(7-11-25)15-4-2-1-3-5-15/h1-5,16-20,31H,6-14H2,(H,24,27)(H,29,30)/t17-,18+,19-,20?/m1/s1. The van der Waals surface area contributed by atoms with Gasteiger partial charge in [-0.1, -0.05) is 30.3 Å². The predicted octanol–water partition coefficient (Wildman–Crippen LogP) is 1.92. The lowest BCUT2D eigenvalue weighted by Crippen LogP contribution is -2.61. The molecule has 3 heterocycles. The average molecular weight is 446 g/mol. The Kier molecular flexibility index (Phi) is 6.95. The minimum Gasteiger partial charge on any atom is -0.465 e. The van der Waals surface area contributed by atoms with Gasteiger partial charge in [0, 0.05) is 32.2 Å². The maximum absolute atomic E-state index is 13.5. The van der Waals surface area contributed by atoms with Crippen molar-refractivity contribution in [3.8, 4) is 0 Å². The number of hydroxylamine groups is 1. The molecule has 0 spiro atoms. The molecule has 9 heteroatoms. The number of carboxylic acid groups (broad SMARTS) is 1. The Morgan fingerprint density at radius 1 is 1.00 bits per heavy atom. The number of hydrogen-bond donors (Lipinski definition) is 3. The number of amides is 3. The molecule has 3 aliphatic rings. The van der Waals surface area contributed by atoms with Crippen molar-refractivity contribution in [1.82, 2.24) is 15.3 Å². The summed E-state index contributed by atoms with van der Waals surface area (Å²) in [5.74, 6) is -2.24. The Morgan fingerprint density at radius 3 is 2.31 bits per heavy atom. The molecule has 3 amide bonds. The van der Waals surface area contributed by atoms with Gasteiger partial charge in [0.15, 0.2) is 0 Å². The number of rotatable bonds is 4. The molecule has 1 aromatic carbocycles. The Hall–Kier alpha value is -2.65. The molecule has 3 aliphatic heterocycles. The molecule has 3 N–H and O–H groups in total. The second-order valence-corrected chi connectivity index (χ2v) is 9.00. The van der Waals surface area contributed by atoms with Gasteiger partial charge in [0.05, 0.1) is 24.5 Å². The van der Waals surface area contributed by atoms with Gasteiger partial charge in [-0.05, 0) is 37.2 Å². The maximum atomic E-state index is 13.5. The lowest BCUT2D eigenvalue weighted by atomic mass is 9.73. The smallest absolute Gasteiger partial charge is 0.407 e. The van der Waals surface area contributed by atoms with Crippen molar-refractivity contribution in [2.45, 2.75) is 37.6 Å². The summed E-state index contributed by atoms with van der Waals surface area (Å²) in [4.78, 5) is 41.3. The number of benzene rings is 1. The zero-order valence-corrected chi connectivity index (χ0v) is 18.1. The van der Waals surface area contributed by atoms with E-state index in [1.807, 2.05) is 18.2 Å². The third-order valence-corrected chi connectivity index (χ3v) is 7.34. The van der Waals surface area contributed by atoms with Gasteiger partial charge >= 0.3 is 6.09 Å². The summed E-state index contributed by atoms with van der Waals surface area (Å²) >= 11 is 0. The van der Waals surface area contributed by atoms with E-state index in [9.17, 15) is 24.7 Å². The number of likely N-dealkylation sites (tertiary alicyclic amines) is 2. The van der Waals surface area contributed by atoms with Crippen molar-refractivity contribution in [2.24, 2.45) is 17.8 Å². The van der Waals surface area contributed by atoms with E-state index in [2.05, 4.69) is 12.1 Å². The lowest BCUT2D eigenvalue weighted by molar-refractivity contribution is -0.153. The first-order valence-electron chi connectivity index (χ1n) is 11.4. The molecule has 0 aliphatic carbocycles. The van der Waals surface area contributed by atoms with Gasteiger partial charge in [-0.3, -0.25) is 14.8 Å². The molecule has 1 unspecified atom stereocenters. The highest BCUT2D eigenvalue weighted by atomic mass is 16.5. The summed E-state index contributed by atoms with van der Waals surface area (Å²) in [6, 6.07) is 9.55. The molecular weight excluding hydrogens is 414 g/mol. The SMILES string of the molecule is O=C(NO)[C@H]1C([C@@H]2CCOC2)N(C(=O)O)CC[C@@H]1C(=O)N1CCC(c2ccccc2)CC1. The number of nitrogens with one attached hydrogen (secondary N) is 1. The third-order valence-electron chi connectivity index (χ3n) is 7.34. The van der Waals surface area contributed by atoms with Crippen LogP contribution in [0.15, 0.2) is 30.3 Å². The Morgan fingerprint density at radius 2 is 1.72 bits per heavy atom. The van der Waals surface area contributed by atoms with E-state index in [0.29, 0.717) is 38.6 Å². The first-order chi connectivity index (χ1) is 15.5. The van der Waals surface area contributed by atoms with Crippen molar-refractivity contribution in [1.29, 1.82) is 0 Å². The van der Waals surface area contributed by atoms with Gasteiger partial charge in [-0.25, -0.2) is 10.3 Å². The first kappa shape index (κ1) is 22.5. The number of carbonyl (C=O) groups excluding carboxylic acids is 2. The van der Waals surface area contributed by atoms with Gasteiger partial charge < -0.3 is 19.6 Å². The molecule has 174 valence electrons. The highest BCUT2D eigenvalue weighted by Crippen LogP contribution is 2.38. The highest BCUT2D eigenvalue weighted by molar-refractivity contribution is 5.88. The fraction of sp³-hybridized carbons (Fsp3) is 0.609. The topological polar surface area (TPSA) is 119 Å². The summed E-state index contributed by atoms with van der Waals surface area (Å²) in [7, 11) is 0. The molecule has 4 rings (SSSR count). The zero-order chi connectivity index (χ0) is 22.7. The second kappa shape index (κ2) is 9.87. The van der Waals surface area contributed by atoms with E-state index in [4.69, 9.17) is 4.74 Å². The zero-order valence-electron chi connectivity index (χ0n) is 18.1. The molecule has 0 bridgehead atoms. The van der Waals surface area contributed by atoms with Gasteiger partial charge in [-0.2, -0.15) is 0 Å². The molecule has 0 saturated carbocycles. The molecule has 1 aromatic rings. The molecule has 3 fully saturated rings. The fourth-order valence-electron chi connectivity index (χ4n) is 5.71. The second-order valence-electron chi connectivity index (χ2n) is 9.00. The Balaban J connectivity index is 1.51. The van der Waals surface area contributed by atoms with E-state index in [0.717, 1.165) is 12.8 Å². The lowest BCUT2D eigenvalue weighted by Gasteiger charge is -2.46. The van der Waals surface area contributed by atoms with E-state index in [-0.39, 0.29) is 24.8 Å². The van der Waals surface area contributed by atoms with Gasteiger partial charge in [0.25, 0.3) is 0 Å². The van der Waals surface area contributed by atoms with Crippen molar-refractivity contribution in [2.75, 3.05) is 32.8 Å². The molecule has 0 radical (unpaired) electrons. The van der Waals surface area contributed by atoms with E-state index in [1.54, 1.807) is 10.4 Å². The van der Waals surface area contributed by atoms with Crippen LogP contribution in [0.1, 0.15) is 37.2 Å². The van der Waals surface area contributed by atoms with Crippen LogP contribution in [-0.4, -0.2) is 76.9 Å². The van der Waals surface area contributed by atoms with E-state index >= 15 is 0 Å². The Bertz CT molecular complexity index is 820. The molecular formula is C23H31N3O6. The van der Waals surface area contributed by atoms with Crippen LogP contribution < -0.4 is 5.48 Å². The molecule has 0 aromatic heterocycles. The van der Waals surface area contributed by atoms with Crippen LogP contribution in [-0.2, 0) is 14.3 Å². The Labute approximate surface area is 187 Å². The largest absolute Gasteiger partial charge is 0.465 e. The quantitative estimate of drug-likeness (QED) is 0.481. The van der Waals surface area contributed by atoms with Crippen molar-refractivity contribution < 1.29 is 29.4 Å². The first-order valence-corrected chi connectivity index (χ1v) is 11.4. The van der Waals surface area contributed by atoms with Crippen LogP contribution in [0, 0.1) is 17.8 Å². The van der Waals surface area contributed by atoms with Gasteiger partial charge in [0.1, 0.15) is 0 Å². The summed E-state index contributed by atoms with van der Waals surface area (Å²) < 4.78 is 5.46. The maximum Gasteiger partial charge on any atom is 0.407 e. The molecule has 32 heavy (non-hydrogen) atoms. The summed E-state index contributed by atoms with van der Waals surface area (Å²) in [5, 5.41) is 19.2. The number of ether oxygens (including phenoxy) is 1. The summed E-state index contributed by atoms with van der Waals surface area (Å²) in [6.07, 6.45) is 1.45. The number of nitrogens with zero attached hydrogens (tertiary/aromatic N) is 2. The van der Waals surface area contributed by atoms with E-state index < -0.39 is 29.9 Å². The monoisotopic (exact) mass is 445 g/mol. The number of piperidine rings is 2. The van der Waals surface area contributed by atoms with Crippen LogP contribution in [0.3, 0.4) is 0 Å². The minimum atomic E-state index is -1.12. The van der Waals surface area contributed by atoms with Gasteiger partial charge in [-0.15, -0.1) is 0 Å². The summed E-state index contributed by atoms with van der Waals surface area (Å²) in [5.41, 5.74) is 2.97. The van der Waals surface area contributed by atoms with Crippen molar-refractivity contribution >= 4 is 17.9 Å². The van der Waals surface area contributed by atoms with Crippen molar-refractivity contribution in [3.63, 3.8) is 0 Å². The van der Waals surface area contributed by atoms with Crippen LogP contribution in [0.4, 0.5) is 4.79 Å². The normalized spacial score (nSPS) is 29.0. The summed E-state index contributed by atoms with van der Waals surface area (Å²) in [6.45, 7) is 2.22. The minimum absolute atomic E-state index is 0.126. The predicted molar refractivity (Wildman–Crippen MR) is 114 cm³/mol. The van der Waals surface area contributed by atoms with Gasteiger partial charge in [0.2, 0.25) is 11.8 Å². The number of hydrogen-bond acceptors (Lipinski definition) is 5. The third kappa shape index (κ3) is 4.45. The van der Waals surface area contributed by atoms with Crippen LogP contribution >= 0.6 is 0 Å². The van der Waals surface area contributed by atoms with Crippen LogP contribution in [0.25, 0.3) is 0 Å². The molecule has 4 atom stereocenters. The van der Waals surface area contributed by atoms with Crippen molar-refractivity contribution in [3.05, 3.63) is 35.9 Å². The molecule has 9 nitrogen and oxygen atoms in total. The van der Waals surface area contributed by atoms with Crippen LogP contribution in [0.2, 0.25) is 0 Å². The molecule has 3 saturated heterocycles. The number of carbonyl (C=O) groups is 3. The average Bonchev–Trinajstić information content (AvgIpc) is 3.37.